The Morgan fingerprint density at radius 1 is 1.33 bits per heavy atom. The van der Waals surface area contributed by atoms with Gasteiger partial charge in [0.25, 0.3) is 5.91 Å². The monoisotopic (exact) mass is 288 g/mol. The first-order valence-electron chi connectivity index (χ1n) is 5.73. The van der Waals surface area contributed by atoms with E-state index < -0.39 is 0 Å². The number of amides is 1. The summed E-state index contributed by atoms with van der Waals surface area (Å²) in [5.41, 5.74) is 6.55. The summed E-state index contributed by atoms with van der Waals surface area (Å²) in [7, 11) is 0. The number of hydrogen-bond acceptors (Lipinski definition) is 2. The Labute approximate surface area is 118 Å². The molecule has 0 fully saturated rings. The number of halogens is 2. The molecule has 0 atom stereocenters. The highest BCUT2D eigenvalue weighted by atomic mass is 35.5. The summed E-state index contributed by atoms with van der Waals surface area (Å²) in [6, 6.07) is 3.05. The molecule has 1 aromatic rings. The topological polar surface area (TPSA) is 55.1 Å². The van der Waals surface area contributed by atoms with Crippen LogP contribution in [-0.4, -0.2) is 12.5 Å². The number of rotatable bonds is 3. The standard InChI is InChI=1S/C13H18Cl2N2O/c1-13(2,3)4-5-17-12(18)9-6-8(16)7-10(14)11(9)15/h6-7H,4-5,16H2,1-3H3,(H,17,18). The van der Waals surface area contributed by atoms with Crippen molar-refractivity contribution in [3.63, 3.8) is 0 Å². The molecule has 0 unspecified atom stereocenters. The van der Waals surface area contributed by atoms with Gasteiger partial charge in [-0.1, -0.05) is 44.0 Å². The van der Waals surface area contributed by atoms with Crippen LogP contribution in [0.1, 0.15) is 37.6 Å². The molecule has 1 rings (SSSR count). The van der Waals surface area contributed by atoms with Crippen LogP contribution >= 0.6 is 23.2 Å². The van der Waals surface area contributed by atoms with E-state index in [-0.39, 0.29) is 21.4 Å². The normalized spacial score (nSPS) is 11.4. The average Bonchev–Trinajstić information content (AvgIpc) is 2.21. The minimum absolute atomic E-state index is 0.171. The maximum Gasteiger partial charge on any atom is 0.252 e. The van der Waals surface area contributed by atoms with Crippen molar-refractivity contribution >= 4 is 34.8 Å². The highest BCUT2D eigenvalue weighted by Crippen LogP contribution is 2.28. The number of anilines is 1. The summed E-state index contributed by atoms with van der Waals surface area (Å²) < 4.78 is 0. The molecule has 100 valence electrons. The van der Waals surface area contributed by atoms with Crippen LogP contribution in [0.4, 0.5) is 5.69 Å². The van der Waals surface area contributed by atoms with E-state index in [1.807, 2.05) is 0 Å². The molecule has 5 heteroatoms. The number of nitrogen functional groups attached to an aromatic ring is 1. The lowest BCUT2D eigenvalue weighted by atomic mass is 9.92. The molecule has 0 saturated carbocycles. The molecule has 0 aromatic heterocycles. The van der Waals surface area contributed by atoms with Gasteiger partial charge in [-0.2, -0.15) is 0 Å². The van der Waals surface area contributed by atoms with Gasteiger partial charge in [-0.25, -0.2) is 0 Å². The Balaban J connectivity index is 2.73. The van der Waals surface area contributed by atoms with Crippen LogP contribution < -0.4 is 11.1 Å². The zero-order chi connectivity index (χ0) is 13.9. The molecule has 1 aromatic carbocycles. The molecule has 1 amide bonds. The second kappa shape index (κ2) is 5.81. The van der Waals surface area contributed by atoms with Crippen LogP contribution in [0.15, 0.2) is 12.1 Å². The van der Waals surface area contributed by atoms with Crippen molar-refractivity contribution < 1.29 is 4.79 Å². The molecule has 0 saturated heterocycles. The van der Waals surface area contributed by atoms with E-state index >= 15 is 0 Å². The highest BCUT2D eigenvalue weighted by molar-refractivity contribution is 6.44. The first kappa shape index (κ1) is 15.1. The molecular formula is C13H18Cl2N2O. The number of carbonyl (C=O) groups excluding carboxylic acids is 1. The minimum atomic E-state index is -0.251. The van der Waals surface area contributed by atoms with Crippen LogP contribution in [0.5, 0.6) is 0 Å². The van der Waals surface area contributed by atoms with Gasteiger partial charge < -0.3 is 11.1 Å². The fourth-order valence-corrected chi connectivity index (χ4v) is 1.84. The van der Waals surface area contributed by atoms with Crippen molar-refractivity contribution in [2.24, 2.45) is 5.41 Å². The Kier molecular flexibility index (Phi) is 4.88. The lowest BCUT2D eigenvalue weighted by molar-refractivity contribution is 0.0949. The van der Waals surface area contributed by atoms with Crippen molar-refractivity contribution in [3.05, 3.63) is 27.7 Å². The fourth-order valence-electron chi connectivity index (χ4n) is 1.42. The van der Waals surface area contributed by atoms with Gasteiger partial charge in [0, 0.05) is 12.2 Å². The van der Waals surface area contributed by atoms with E-state index in [1.165, 1.54) is 12.1 Å². The van der Waals surface area contributed by atoms with Crippen molar-refractivity contribution in [2.75, 3.05) is 12.3 Å². The second-order valence-electron chi connectivity index (χ2n) is 5.43. The van der Waals surface area contributed by atoms with E-state index in [9.17, 15) is 4.79 Å². The van der Waals surface area contributed by atoms with Crippen molar-refractivity contribution in [1.29, 1.82) is 0 Å². The van der Waals surface area contributed by atoms with E-state index in [4.69, 9.17) is 28.9 Å². The largest absolute Gasteiger partial charge is 0.399 e. The Hall–Kier alpha value is -0.930. The van der Waals surface area contributed by atoms with Gasteiger partial charge in [0.2, 0.25) is 0 Å². The Morgan fingerprint density at radius 2 is 1.94 bits per heavy atom. The fraction of sp³-hybridized carbons (Fsp3) is 0.462. The molecule has 0 bridgehead atoms. The van der Waals surface area contributed by atoms with Gasteiger partial charge in [-0.05, 0) is 24.0 Å². The molecule has 3 nitrogen and oxygen atoms in total. The number of hydrogen-bond donors (Lipinski definition) is 2. The van der Waals surface area contributed by atoms with Gasteiger partial charge in [0.05, 0.1) is 15.6 Å². The number of nitrogens with one attached hydrogen (secondary N) is 1. The molecule has 0 radical (unpaired) electrons. The average molecular weight is 289 g/mol. The maximum absolute atomic E-state index is 11.9. The molecule has 0 aliphatic carbocycles. The quantitative estimate of drug-likeness (QED) is 0.833. The molecule has 0 spiro atoms. The summed E-state index contributed by atoms with van der Waals surface area (Å²) in [6.45, 7) is 6.93. The van der Waals surface area contributed by atoms with Gasteiger partial charge in [0.15, 0.2) is 0 Å². The van der Waals surface area contributed by atoms with E-state index in [1.54, 1.807) is 0 Å². The molecule has 0 aliphatic heterocycles. The van der Waals surface area contributed by atoms with E-state index in [2.05, 4.69) is 26.1 Å². The van der Waals surface area contributed by atoms with Crippen LogP contribution in [0.2, 0.25) is 10.0 Å². The lowest BCUT2D eigenvalue weighted by Crippen LogP contribution is -2.27. The minimum Gasteiger partial charge on any atom is -0.399 e. The van der Waals surface area contributed by atoms with Crippen molar-refractivity contribution in [2.45, 2.75) is 27.2 Å². The zero-order valence-electron chi connectivity index (χ0n) is 10.8. The third-order valence-corrected chi connectivity index (χ3v) is 3.26. The van der Waals surface area contributed by atoms with Crippen molar-refractivity contribution in [3.8, 4) is 0 Å². The predicted octanol–water partition coefficient (Wildman–Crippen LogP) is 3.74. The van der Waals surface area contributed by atoms with Crippen LogP contribution in [-0.2, 0) is 0 Å². The predicted molar refractivity (Wildman–Crippen MR) is 77.3 cm³/mol. The first-order chi connectivity index (χ1) is 8.20. The second-order valence-corrected chi connectivity index (χ2v) is 6.22. The lowest BCUT2D eigenvalue weighted by Gasteiger charge is -2.18. The van der Waals surface area contributed by atoms with Gasteiger partial charge in [-0.15, -0.1) is 0 Å². The molecule has 0 aliphatic rings. The third-order valence-electron chi connectivity index (χ3n) is 2.46. The molecule has 3 N–H and O–H groups in total. The van der Waals surface area contributed by atoms with Gasteiger partial charge >= 0.3 is 0 Å². The SMILES string of the molecule is CC(C)(C)CCNC(=O)c1cc(N)cc(Cl)c1Cl. The van der Waals surface area contributed by atoms with Crippen molar-refractivity contribution in [1.82, 2.24) is 5.32 Å². The first-order valence-corrected chi connectivity index (χ1v) is 6.49. The summed E-state index contributed by atoms with van der Waals surface area (Å²) in [4.78, 5) is 11.9. The molecule has 18 heavy (non-hydrogen) atoms. The number of carbonyl (C=O) groups is 1. The third kappa shape index (κ3) is 4.39. The van der Waals surface area contributed by atoms with Crippen LogP contribution in [0.3, 0.4) is 0 Å². The number of nitrogens with two attached hydrogens (primary N) is 1. The summed E-state index contributed by atoms with van der Waals surface area (Å²) in [5.74, 6) is -0.251. The van der Waals surface area contributed by atoms with E-state index in [0.29, 0.717) is 17.8 Å². The van der Waals surface area contributed by atoms with Gasteiger partial charge in [0.1, 0.15) is 0 Å². The Bertz CT molecular complexity index is 453. The number of benzene rings is 1. The van der Waals surface area contributed by atoms with Crippen LogP contribution in [0, 0.1) is 5.41 Å². The van der Waals surface area contributed by atoms with Crippen LogP contribution in [0.25, 0.3) is 0 Å². The maximum atomic E-state index is 11.9. The summed E-state index contributed by atoms with van der Waals surface area (Å²) in [6.07, 6.45) is 0.881. The van der Waals surface area contributed by atoms with E-state index in [0.717, 1.165) is 6.42 Å². The highest BCUT2D eigenvalue weighted by Gasteiger charge is 2.15. The summed E-state index contributed by atoms with van der Waals surface area (Å²) >= 11 is 11.9. The molecular weight excluding hydrogens is 271 g/mol. The summed E-state index contributed by atoms with van der Waals surface area (Å²) in [5, 5.41) is 3.34. The van der Waals surface area contributed by atoms with Gasteiger partial charge in [-0.3, -0.25) is 4.79 Å². The zero-order valence-corrected chi connectivity index (χ0v) is 12.3. The smallest absolute Gasteiger partial charge is 0.252 e. The Morgan fingerprint density at radius 3 is 2.50 bits per heavy atom. The molecule has 0 heterocycles.